The van der Waals surface area contributed by atoms with Gasteiger partial charge in [-0.2, -0.15) is 18.6 Å². The highest BCUT2D eigenvalue weighted by molar-refractivity contribution is 7.89. The molecule has 2 aliphatic heterocycles. The number of hydrogen-bond acceptors (Lipinski definition) is 9. The van der Waals surface area contributed by atoms with Gasteiger partial charge >= 0.3 is 16.4 Å². The average molecular weight is 424 g/mol. The maximum atomic E-state index is 12.6. The van der Waals surface area contributed by atoms with E-state index in [-0.39, 0.29) is 18.7 Å². The number of aryl methyl sites for hydroxylation is 1. The zero-order valence-electron chi connectivity index (χ0n) is 13.8. The highest BCUT2D eigenvalue weighted by Gasteiger charge is 2.53. The first kappa shape index (κ1) is 19.5. The number of hydroxylamine groups is 2. The summed E-state index contributed by atoms with van der Waals surface area (Å²) in [6.07, 6.45) is 1.09. The van der Waals surface area contributed by atoms with Crippen molar-refractivity contribution in [3.63, 3.8) is 0 Å². The molecule has 2 bridgehead atoms. The van der Waals surface area contributed by atoms with Gasteiger partial charge in [0.15, 0.2) is 0 Å². The molecule has 27 heavy (non-hydrogen) atoms. The Kier molecular flexibility index (Phi) is 4.63. The third-order valence-electron chi connectivity index (χ3n) is 4.29. The number of rotatable bonds is 6. The Hall–Kier alpha value is -2.27. The van der Waals surface area contributed by atoms with Crippen LogP contribution in [0.4, 0.5) is 4.79 Å². The molecule has 0 unspecified atom stereocenters. The summed E-state index contributed by atoms with van der Waals surface area (Å²) in [5, 5.41) is 22.0. The van der Waals surface area contributed by atoms with Crippen LogP contribution in [0.25, 0.3) is 0 Å². The average Bonchev–Trinajstić information content (AvgIpc) is 3.03. The van der Waals surface area contributed by atoms with E-state index in [1.54, 1.807) is 7.05 Å². The topological polar surface area (TPSA) is 198 Å². The Labute approximate surface area is 153 Å². The Morgan fingerprint density at radius 2 is 2.11 bits per heavy atom. The molecule has 0 saturated carbocycles. The van der Waals surface area contributed by atoms with E-state index >= 15 is 0 Å². The van der Waals surface area contributed by atoms with E-state index in [4.69, 9.17) is 9.69 Å². The van der Waals surface area contributed by atoms with E-state index in [1.807, 2.05) is 0 Å². The van der Waals surface area contributed by atoms with Crippen molar-refractivity contribution in [3.05, 3.63) is 17.5 Å². The zero-order valence-corrected chi connectivity index (χ0v) is 15.5. The predicted molar refractivity (Wildman–Crippen MR) is 87.1 cm³/mol. The van der Waals surface area contributed by atoms with Crippen molar-refractivity contribution in [2.75, 3.05) is 12.3 Å². The van der Waals surface area contributed by atoms with Crippen LogP contribution >= 0.6 is 0 Å². The summed E-state index contributed by atoms with van der Waals surface area (Å²) in [5.74, 6) is -0.535. The molecule has 16 heteroatoms. The molecule has 0 spiro atoms. The second-order valence-corrected chi connectivity index (χ2v) is 8.74. The van der Waals surface area contributed by atoms with Crippen LogP contribution in [0.5, 0.6) is 0 Å². The number of primary sulfonamides is 1. The second kappa shape index (κ2) is 6.41. The summed E-state index contributed by atoms with van der Waals surface area (Å²) in [5.41, 5.74) is 0.683. The van der Waals surface area contributed by atoms with E-state index in [1.165, 1.54) is 10.9 Å². The van der Waals surface area contributed by atoms with Crippen molar-refractivity contribution in [2.24, 2.45) is 17.3 Å². The van der Waals surface area contributed by atoms with E-state index in [2.05, 4.69) is 14.5 Å². The van der Waals surface area contributed by atoms with Crippen molar-refractivity contribution in [1.82, 2.24) is 19.7 Å². The van der Waals surface area contributed by atoms with Gasteiger partial charge in [-0.1, -0.05) is 5.16 Å². The molecule has 14 nitrogen and oxygen atoms in total. The van der Waals surface area contributed by atoms with Gasteiger partial charge in [-0.15, -0.1) is 4.28 Å². The number of hydrogen-bond donors (Lipinski definition) is 3. The number of carbonyl (C=O) groups excluding carboxylic acids is 1. The van der Waals surface area contributed by atoms with Crippen molar-refractivity contribution >= 4 is 32.2 Å². The minimum Gasteiger partial charge on any atom is -0.411 e. The smallest absolute Gasteiger partial charge is 0.411 e. The molecule has 0 aliphatic carbocycles. The van der Waals surface area contributed by atoms with E-state index < -0.39 is 44.3 Å². The Balaban J connectivity index is 2.04. The minimum absolute atomic E-state index is 0.0634. The van der Waals surface area contributed by atoms with Gasteiger partial charge in [-0.3, -0.25) is 9.23 Å². The number of amides is 2. The molecule has 1 aromatic heterocycles. The largest absolute Gasteiger partial charge is 0.418 e. The fraction of sp³-hybridized carbons (Fsp3) is 0.545. The summed E-state index contributed by atoms with van der Waals surface area (Å²) >= 11 is 0. The SMILES string of the molecule is Cn1ncc2c1[C@@H](/C(CCS(N)(=O)=O)=N/O)N1C[C@@H]2N(OS(=O)(=O)O)C1=O. The maximum Gasteiger partial charge on any atom is 0.418 e. The number of carbonyl (C=O) groups is 1. The second-order valence-electron chi connectivity index (χ2n) is 6.00. The Morgan fingerprint density at radius 3 is 2.67 bits per heavy atom. The molecule has 0 aromatic carbocycles. The monoisotopic (exact) mass is 424 g/mol. The predicted octanol–water partition coefficient (Wildman–Crippen LogP) is -1.50. The summed E-state index contributed by atoms with van der Waals surface area (Å²) in [7, 11) is -7.29. The fourth-order valence-electron chi connectivity index (χ4n) is 3.25. The molecular formula is C11H16N6O8S2. The van der Waals surface area contributed by atoms with Crippen LogP contribution in [0.15, 0.2) is 11.4 Å². The highest BCUT2D eigenvalue weighted by atomic mass is 32.3. The summed E-state index contributed by atoms with van der Waals surface area (Å²) < 4.78 is 59.4. The first-order valence-electron chi connectivity index (χ1n) is 7.43. The lowest BCUT2D eigenvalue weighted by Gasteiger charge is -2.31. The quantitative estimate of drug-likeness (QED) is 0.210. The number of urea groups is 1. The summed E-state index contributed by atoms with van der Waals surface area (Å²) in [6.45, 7) is -0.0634. The van der Waals surface area contributed by atoms with Crippen LogP contribution in [0.3, 0.4) is 0 Å². The zero-order chi connectivity index (χ0) is 20.1. The van der Waals surface area contributed by atoms with Crippen LogP contribution in [0.1, 0.15) is 29.8 Å². The molecule has 3 heterocycles. The maximum absolute atomic E-state index is 12.6. The van der Waals surface area contributed by atoms with Crippen molar-refractivity contribution in [1.29, 1.82) is 0 Å². The lowest BCUT2D eigenvalue weighted by Crippen LogP contribution is -2.40. The summed E-state index contributed by atoms with van der Waals surface area (Å²) in [6, 6.07) is -2.84. The Bertz CT molecular complexity index is 1020. The van der Waals surface area contributed by atoms with E-state index in [9.17, 15) is 26.8 Å². The number of nitrogens with two attached hydrogens (primary N) is 1. The van der Waals surface area contributed by atoms with Gasteiger partial charge in [-0.05, 0) is 0 Å². The molecule has 1 fully saturated rings. The molecule has 150 valence electrons. The number of sulfonamides is 1. The molecule has 3 rings (SSSR count). The first-order valence-corrected chi connectivity index (χ1v) is 10.5. The van der Waals surface area contributed by atoms with Gasteiger partial charge in [0.05, 0.1) is 29.9 Å². The molecule has 1 saturated heterocycles. The van der Waals surface area contributed by atoms with Gasteiger partial charge in [0.1, 0.15) is 12.1 Å². The highest BCUT2D eigenvalue weighted by Crippen LogP contribution is 2.44. The fourth-order valence-corrected chi connectivity index (χ4v) is 4.12. The Morgan fingerprint density at radius 1 is 1.44 bits per heavy atom. The van der Waals surface area contributed by atoms with Crippen molar-refractivity contribution < 1.29 is 35.7 Å². The third kappa shape index (κ3) is 3.61. The molecular weight excluding hydrogens is 408 g/mol. The van der Waals surface area contributed by atoms with Crippen LogP contribution < -0.4 is 5.14 Å². The number of nitrogens with zero attached hydrogens (tertiary/aromatic N) is 5. The van der Waals surface area contributed by atoms with Crippen LogP contribution in [0, 0.1) is 0 Å². The van der Waals surface area contributed by atoms with E-state index in [0.29, 0.717) is 16.3 Å². The first-order chi connectivity index (χ1) is 12.4. The minimum atomic E-state index is -4.97. The van der Waals surface area contributed by atoms with Gasteiger partial charge in [0.2, 0.25) is 10.0 Å². The van der Waals surface area contributed by atoms with Crippen molar-refractivity contribution in [3.8, 4) is 0 Å². The van der Waals surface area contributed by atoms with Gasteiger partial charge < -0.3 is 10.1 Å². The number of oxime groups is 1. The third-order valence-corrected chi connectivity index (χ3v) is 5.41. The normalized spacial score (nSPS) is 23.1. The standard InChI is InChI=1S/C11H16N6O8S2/c1-15-9-6(4-13-15)8-5-16(11(18)17(8)25-27(22,23)24)10(9)7(14-19)2-3-26(12,20)21/h4,8,10,19H,2-3,5H2,1H3,(H2,12,20,21)(H,22,23,24)/b14-7+/t8-,10+/m0/s1. The van der Waals surface area contributed by atoms with Crippen LogP contribution in [-0.4, -0.2) is 70.4 Å². The van der Waals surface area contributed by atoms with Gasteiger partial charge in [0, 0.05) is 19.0 Å². The van der Waals surface area contributed by atoms with Gasteiger partial charge in [0.25, 0.3) is 0 Å². The lowest BCUT2D eigenvalue weighted by atomic mass is 9.94. The number of aromatic nitrogens is 2. The molecule has 1 aromatic rings. The van der Waals surface area contributed by atoms with E-state index in [0.717, 1.165) is 4.90 Å². The van der Waals surface area contributed by atoms with Crippen LogP contribution in [0.2, 0.25) is 0 Å². The molecule has 2 aliphatic rings. The number of fused-ring (bicyclic) bond motifs is 4. The van der Waals surface area contributed by atoms with Crippen LogP contribution in [-0.2, 0) is 31.8 Å². The molecule has 4 N–H and O–H groups in total. The molecule has 0 radical (unpaired) electrons. The molecule has 2 atom stereocenters. The molecule has 2 amide bonds. The van der Waals surface area contributed by atoms with Gasteiger partial charge in [-0.25, -0.2) is 18.4 Å². The van der Waals surface area contributed by atoms with Crippen molar-refractivity contribution in [2.45, 2.75) is 18.5 Å². The lowest BCUT2D eigenvalue weighted by molar-refractivity contribution is -0.0316. The summed E-state index contributed by atoms with van der Waals surface area (Å²) in [4.78, 5) is 13.7.